The molecule has 2 N–H and O–H groups in total. The largest absolute Gasteiger partial charge is 0.325 e. The highest BCUT2D eigenvalue weighted by Gasteiger charge is 2.27. The van der Waals surface area contributed by atoms with Crippen molar-refractivity contribution in [1.82, 2.24) is 0 Å². The predicted molar refractivity (Wildman–Crippen MR) is 55.7 cm³/mol. The van der Waals surface area contributed by atoms with Crippen molar-refractivity contribution >= 4 is 0 Å². The van der Waals surface area contributed by atoms with E-state index in [1.54, 1.807) is 0 Å². The van der Waals surface area contributed by atoms with E-state index in [2.05, 4.69) is 31.2 Å². The maximum absolute atomic E-state index is 6.27. The van der Waals surface area contributed by atoms with Crippen molar-refractivity contribution < 1.29 is 0 Å². The standard InChI is InChI=1S/C12H17N/c1-2-12(13)8-7-10-5-3-4-6-11(10)9-12/h3-6H,2,7-9,13H2,1H3. The second-order valence-corrected chi connectivity index (χ2v) is 4.16. The molecule has 0 fully saturated rings. The Balaban J connectivity index is 2.29. The van der Waals surface area contributed by atoms with E-state index >= 15 is 0 Å². The lowest BCUT2D eigenvalue weighted by molar-refractivity contribution is 0.360. The Labute approximate surface area is 80.0 Å². The van der Waals surface area contributed by atoms with Gasteiger partial charge in [-0.05, 0) is 36.8 Å². The summed E-state index contributed by atoms with van der Waals surface area (Å²) in [6.45, 7) is 2.19. The maximum Gasteiger partial charge on any atom is 0.0195 e. The van der Waals surface area contributed by atoms with Crippen LogP contribution >= 0.6 is 0 Å². The van der Waals surface area contributed by atoms with Gasteiger partial charge in [-0.15, -0.1) is 0 Å². The summed E-state index contributed by atoms with van der Waals surface area (Å²) in [5.74, 6) is 0. The summed E-state index contributed by atoms with van der Waals surface area (Å²) in [6, 6.07) is 8.67. The average molecular weight is 175 g/mol. The summed E-state index contributed by atoms with van der Waals surface area (Å²) in [5, 5.41) is 0. The maximum atomic E-state index is 6.27. The van der Waals surface area contributed by atoms with Crippen LogP contribution in [0.4, 0.5) is 0 Å². The highest BCUT2D eigenvalue weighted by Crippen LogP contribution is 2.28. The molecule has 1 aromatic carbocycles. The summed E-state index contributed by atoms with van der Waals surface area (Å²) >= 11 is 0. The molecule has 0 saturated carbocycles. The lowest BCUT2D eigenvalue weighted by Gasteiger charge is -2.33. The quantitative estimate of drug-likeness (QED) is 0.696. The first-order valence-electron chi connectivity index (χ1n) is 5.09. The van der Waals surface area contributed by atoms with Gasteiger partial charge >= 0.3 is 0 Å². The summed E-state index contributed by atoms with van der Waals surface area (Å²) in [4.78, 5) is 0. The molecule has 2 rings (SSSR count). The van der Waals surface area contributed by atoms with Gasteiger partial charge < -0.3 is 5.73 Å². The van der Waals surface area contributed by atoms with Crippen molar-refractivity contribution in [2.75, 3.05) is 0 Å². The third-order valence-corrected chi connectivity index (χ3v) is 3.26. The van der Waals surface area contributed by atoms with Crippen LogP contribution in [0.3, 0.4) is 0 Å². The van der Waals surface area contributed by atoms with Gasteiger partial charge in [-0.2, -0.15) is 0 Å². The number of fused-ring (bicyclic) bond motifs is 1. The fraction of sp³-hybridized carbons (Fsp3) is 0.500. The minimum absolute atomic E-state index is 0.0638. The van der Waals surface area contributed by atoms with E-state index in [0.717, 1.165) is 25.7 Å². The van der Waals surface area contributed by atoms with Crippen LogP contribution in [-0.2, 0) is 12.8 Å². The normalized spacial score (nSPS) is 26.9. The Morgan fingerprint density at radius 2 is 2.00 bits per heavy atom. The Bertz CT molecular complexity index is 306. The van der Waals surface area contributed by atoms with E-state index in [-0.39, 0.29) is 5.54 Å². The molecule has 0 spiro atoms. The molecule has 1 heteroatoms. The molecular weight excluding hydrogens is 158 g/mol. The minimum atomic E-state index is 0.0638. The fourth-order valence-electron chi connectivity index (χ4n) is 2.13. The molecule has 1 aliphatic rings. The Hall–Kier alpha value is -0.820. The molecule has 0 aromatic heterocycles. The predicted octanol–water partition coefficient (Wildman–Crippen LogP) is 2.28. The highest BCUT2D eigenvalue weighted by atomic mass is 14.7. The van der Waals surface area contributed by atoms with Gasteiger partial charge in [0.1, 0.15) is 0 Å². The first-order valence-corrected chi connectivity index (χ1v) is 5.09. The molecule has 1 atom stereocenters. The molecule has 13 heavy (non-hydrogen) atoms. The van der Waals surface area contributed by atoms with E-state index in [0.29, 0.717) is 0 Å². The fourth-order valence-corrected chi connectivity index (χ4v) is 2.13. The van der Waals surface area contributed by atoms with E-state index in [4.69, 9.17) is 5.73 Å². The van der Waals surface area contributed by atoms with Crippen molar-refractivity contribution in [2.45, 2.75) is 38.1 Å². The second kappa shape index (κ2) is 3.15. The number of rotatable bonds is 1. The molecule has 1 aliphatic carbocycles. The van der Waals surface area contributed by atoms with Crippen LogP contribution in [0, 0.1) is 0 Å². The van der Waals surface area contributed by atoms with Crippen molar-refractivity contribution in [1.29, 1.82) is 0 Å². The summed E-state index contributed by atoms with van der Waals surface area (Å²) in [5.41, 5.74) is 9.29. The minimum Gasteiger partial charge on any atom is -0.325 e. The van der Waals surface area contributed by atoms with Gasteiger partial charge in [0, 0.05) is 5.54 Å². The molecular formula is C12H17N. The van der Waals surface area contributed by atoms with E-state index in [1.165, 1.54) is 11.1 Å². The lowest BCUT2D eigenvalue weighted by atomic mass is 9.77. The zero-order valence-corrected chi connectivity index (χ0v) is 8.22. The van der Waals surface area contributed by atoms with Gasteiger partial charge in [0.05, 0.1) is 0 Å². The molecule has 0 aliphatic heterocycles. The van der Waals surface area contributed by atoms with Crippen molar-refractivity contribution in [3.05, 3.63) is 35.4 Å². The van der Waals surface area contributed by atoms with E-state index in [9.17, 15) is 0 Å². The first kappa shape index (κ1) is 8.76. The van der Waals surface area contributed by atoms with Crippen molar-refractivity contribution in [3.63, 3.8) is 0 Å². The van der Waals surface area contributed by atoms with Crippen LogP contribution in [0.5, 0.6) is 0 Å². The molecule has 1 unspecified atom stereocenters. The van der Waals surface area contributed by atoms with Gasteiger partial charge in [-0.1, -0.05) is 31.2 Å². The molecule has 0 radical (unpaired) electrons. The SMILES string of the molecule is CCC1(N)CCc2ccccc2C1. The molecule has 0 bridgehead atoms. The Kier molecular flexibility index (Phi) is 2.12. The first-order chi connectivity index (χ1) is 6.23. The third kappa shape index (κ3) is 1.61. The van der Waals surface area contributed by atoms with Crippen LogP contribution < -0.4 is 5.73 Å². The molecule has 0 heterocycles. The Morgan fingerprint density at radius 3 is 2.69 bits per heavy atom. The van der Waals surface area contributed by atoms with Gasteiger partial charge in [0.15, 0.2) is 0 Å². The van der Waals surface area contributed by atoms with Crippen LogP contribution in [-0.4, -0.2) is 5.54 Å². The van der Waals surface area contributed by atoms with Crippen molar-refractivity contribution in [3.8, 4) is 0 Å². The average Bonchev–Trinajstić information content (AvgIpc) is 2.18. The lowest BCUT2D eigenvalue weighted by Crippen LogP contribution is -2.44. The van der Waals surface area contributed by atoms with Gasteiger partial charge in [-0.3, -0.25) is 0 Å². The number of hydrogen-bond donors (Lipinski definition) is 1. The number of nitrogens with two attached hydrogens (primary N) is 1. The van der Waals surface area contributed by atoms with E-state index < -0.39 is 0 Å². The van der Waals surface area contributed by atoms with E-state index in [1.807, 2.05) is 0 Å². The Morgan fingerprint density at radius 1 is 1.31 bits per heavy atom. The summed E-state index contributed by atoms with van der Waals surface area (Å²) in [6.07, 6.45) is 4.43. The second-order valence-electron chi connectivity index (χ2n) is 4.16. The molecule has 1 nitrogen and oxygen atoms in total. The molecule has 0 saturated heterocycles. The highest BCUT2D eigenvalue weighted by molar-refractivity contribution is 5.31. The van der Waals surface area contributed by atoms with Gasteiger partial charge in [0.2, 0.25) is 0 Å². The van der Waals surface area contributed by atoms with Crippen LogP contribution in [0.25, 0.3) is 0 Å². The summed E-state index contributed by atoms with van der Waals surface area (Å²) < 4.78 is 0. The smallest absolute Gasteiger partial charge is 0.0195 e. The number of aryl methyl sites for hydroxylation is 1. The van der Waals surface area contributed by atoms with Crippen molar-refractivity contribution in [2.24, 2.45) is 5.73 Å². The van der Waals surface area contributed by atoms with Gasteiger partial charge in [-0.25, -0.2) is 0 Å². The third-order valence-electron chi connectivity index (χ3n) is 3.26. The monoisotopic (exact) mass is 175 g/mol. The number of hydrogen-bond acceptors (Lipinski definition) is 1. The molecule has 0 amide bonds. The zero-order valence-electron chi connectivity index (χ0n) is 8.22. The molecule has 1 aromatic rings. The number of benzene rings is 1. The molecule has 70 valence electrons. The topological polar surface area (TPSA) is 26.0 Å². The van der Waals surface area contributed by atoms with Gasteiger partial charge in [0.25, 0.3) is 0 Å². The zero-order chi connectivity index (χ0) is 9.31. The van der Waals surface area contributed by atoms with Crippen LogP contribution in [0.1, 0.15) is 30.9 Å². The van der Waals surface area contributed by atoms with Crippen LogP contribution in [0.2, 0.25) is 0 Å². The van der Waals surface area contributed by atoms with Crippen LogP contribution in [0.15, 0.2) is 24.3 Å². The summed E-state index contributed by atoms with van der Waals surface area (Å²) in [7, 11) is 0.